The highest BCUT2D eigenvalue weighted by Gasteiger charge is 2.07. The van der Waals surface area contributed by atoms with Gasteiger partial charge in [0.1, 0.15) is 6.61 Å². The lowest BCUT2D eigenvalue weighted by atomic mass is 10.2. The van der Waals surface area contributed by atoms with E-state index in [9.17, 15) is 0 Å². The minimum Gasteiger partial charge on any atom is -0.493 e. The summed E-state index contributed by atoms with van der Waals surface area (Å²) in [6.45, 7) is 5.87. The van der Waals surface area contributed by atoms with E-state index in [4.69, 9.17) is 9.47 Å². The van der Waals surface area contributed by atoms with Crippen LogP contribution in [0.25, 0.3) is 0 Å². The smallest absolute Gasteiger partial charge is 0.161 e. The van der Waals surface area contributed by atoms with E-state index in [2.05, 4.69) is 55.0 Å². The zero-order valence-electron chi connectivity index (χ0n) is 15.4. The van der Waals surface area contributed by atoms with E-state index in [-0.39, 0.29) is 0 Å². The van der Waals surface area contributed by atoms with Crippen LogP contribution >= 0.6 is 0 Å². The summed E-state index contributed by atoms with van der Waals surface area (Å²) in [5.74, 6) is 1.60. The van der Waals surface area contributed by atoms with Crippen molar-refractivity contribution in [3.63, 3.8) is 0 Å². The first-order chi connectivity index (χ1) is 12.3. The first-order valence-corrected chi connectivity index (χ1v) is 8.69. The molecule has 0 aliphatic heterocycles. The molecule has 0 saturated heterocycles. The fraction of sp³-hybridized carbons (Fsp3) is 0.364. The van der Waals surface area contributed by atoms with Gasteiger partial charge in [-0.05, 0) is 30.7 Å². The minimum atomic E-state index is 0.664. The standard InChI is InChI=1S/C20H27NO2.C2H2/c1-3-4-14-21(17-18-10-6-5-7-11-18)15-16-23-20-13-9-8-12-19(20)22-2;1-2/h5-13H,3-4,14-17H2,1-2H3;1-2H. The van der Waals surface area contributed by atoms with Crippen LogP contribution in [0, 0.1) is 12.8 Å². The largest absolute Gasteiger partial charge is 0.493 e. The normalized spacial score (nSPS) is 9.96. The Labute approximate surface area is 152 Å². The first kappa shape index (κ1) is 20.6. The molecule has 2 aromatic rings. The van der Waals surface area contributed by atoms with Gasteiger partial charge in [0.25, 0.3) is 0 Å². The van der Waals surface area contributed by atoms with Crippen LogP contribution in [-0.4, -0.2) is 31.7 Å². The molecule has 0 amide bonds. The van der Waals surface area contributed by atoms with Crippen LogP contribution in [0.4, 0.5) is 0 Å². The van der Waals surface area contributed by atoms with Crippen LogP contribution in [0.2, 0.25) is 0 Å². The number of unbranched alkanes of at least 4 members (excludes halogenated alkanes) is 1. The molecule has 0 heterocycles. The molecule has 0 aliphatic carbocycles. The molecular formula is C22H29NO2. The van der Waals surface area contributed by atoms with Crippen molar-refractivity contribution in [2.75, 3.05) is 26.8 Å². The van der Waals surface area contributed by atoms with Crippen LogP contribution < -0.4 is 9.47 Å². The predicted octanol–water partition coefficient (Wildman–Crippen LogP) is 4.63. The number of benzene rings is 2. The number of para-hydroxylation sites is 2. The number of hydrogen-bond donors (Lipinski definition) is 0. The third kappa shape index (κ3) is 7.78. The molecular weight excluding hydrogens is 310 g/mol. The molecule has 0 radical (unpaired) electrons. The van der Waals surface area contributed by atoms with Crippen LogP contribution in [0.5, 0.6) is 11.5 Å². The van der Waals surface area contributed by atoms with Crippen LogP contribution in [0.15, 0.2) is 54.6 Å². The average Bonchev–Trinajstić information content (AvgIpc) is 2.68. The van der Waals surface area contributed by atoms with E-state index in [1.165, 1.54) is 18.4 Å². The number of rotatable bonds is 10. The van der Waals surface area contributed by atoms with Gasteiger partial charge in [-0.2, -0.15) is 0 Å². The summed E-state index contributed by atoms with van der Waals surface area (Å²) in [5.41, 5.74) is 1.35. The second-order valence-corrected chi connectivity index (χ2v) is 5.61. The van der Waals surface area contributed by atoms with E-state index >= 15 is 0 Å². The Morgan fingerprint density at radius 1 is 0.880 bits per heavy atom. The molecule has 0 aromatic heterocycles. The summed E-state index contributed by atoms with van der Waals surface area (Å²) >= 11 is 0. The van der Waals surface area contributed by atoms with Crippen molar-refractivity contribution in [3.05, 3.63) is 60.2 Å². The highest BCUT2D eigenvalue weighted by molar-refractivity contribution is 5.39. The molecule has 0 N–H and O–H groups in total. The second-order valence-electron chi connectivity index (χ2n) is 5.61. The summed E-state index contributed by atoms with van der Waals surface area (Å²) in [5, 5.41) is 0. The average molecular weight is 339 g/mol. The zero-order chi connectivity index (χ0) is 18.3. The Morgan fingerprint density at radius 3 is 2.16 bits per heavy atom. The van der Waals surface area contributed by atoms with Gasteiger partial charge >= 0.3 is 0 Å². The molecule has 3 heteroatoms. The molecule has 0 aliphatic rings. The Bertz CT molecular complexity index is 595. The van der Waals surface area contributed by atoms with Gasteiger partial charge in [0.15, 0.2) is 11.5 Å². The third-order valence-corrected chi connectivity index (χ3v) is 3.81. The number of terminal acetylenes is 1. The van der Waals surface area contributed by atoms with Crippen molar-refractivity contribution >= 4 is 0 Å². The molecule has 0 fully saturated rings. The Kier molecular flexibility index (Phi) is 10.6. The highest BCUT2D eigenvalue weighted by Crippen LogP contribution is 2.25. The monoisotopic (exact) mass is 339 g/mol. The number of methoxy groups -OCH3 is 1. The molecule has 25 heavy (non-hydrogen) atoms. The molecule has 2 aromatic carbocycles. The molecule has 0 bridgehead atoms. The Balaban J connectivity index is 0.00000151. The van der Waals surface area contributed by atoms with Gasteiger partial charge in [0.2, 0.25) is 0 Å². The summed E-state index contributed by atoms with van der Waals surface area (Å²) in [7, 11) is 1.67. The van der Waals surface area contributed by atoms with Gasteiger partial charge in [-0.3, -0.25) is 4.90 Å². The van der Waals surface area contributed by atoms with Crippen molar-refractivity contribution in [2.45, 2.75) is 26.3 Å². The highest BCUT2D eigenvalue weighted by atomic mass is 16.5. The van der Waals surface area contributed by atoms with Gasteiger partial charge in [0, 0.05) is 13.1 Å². The van der Waals surface area contributed by atoms with Crippen LogP contribution in [0.1, 0.15) is 25.3 Å². The maximum atomic E-state index is 5.91. The zero-order valence-corrected chi connectivity index (χ0v) is 15.4. The lowest BCUT2D eigenvalue weighted by Crippen LogP contribution is -2.29. The fourth-order valence-corrected chi connectivity index (χ4v) is 2.52. The number of hydrogen-bond acceptors (Lipinski definition) is 3. The molecule has 0 unspecified atom stereocenters. The fourth-order valence-electron chi connectivity index (χ4n) is 2.52. The molecule has 0 spiro atoms. The van der Waals surface area contributed by atoms with E-state index in [0.29, 0.717) is 6.61 Å². The SMILES string of the molecule is C#C.CCCCN(CCOc1ccccc1OC)Cc1ccccc1. The van der Waals surface area contributed by atoms with E-state index in [1.807, 2.05) is 24.3 Å². The molecule has 0 atom stereocenters. The minimum absolute atomic E-state index is 0.664. The van der Waals surface area contributed by atoms with Crippen LogP contribution in [0.3, 0.4) is 0 Å². The summed E-state index contributed by atoms with van der Waals surface area (Å²) in [6.07, 6.45) is 10.4. The van der Waals surface area contributed by atoms with E-state index in [0.717, 1.165) is 31.1 Å². The van der Waals surface area contributed by atoms with E-state index < -0.39 is 0 Å². The summed E-state index contributed by atoms with van der Waals surface area (Å²) in [4.78, 5) is 2.45. The van der Waals surface area contributed by atoms with Crippen molar-refractivity contribution in [1.82, 2.24) is 4.90 Å². The van der Waals surface area contributed by atoms with Gasteiger partial charge < -0.3 is 9.47 Å². The summed E-state index contributed by atoms with van der Waals surface area (Å²) in [6, 6.07) is 18.4. The number of nitrogens with zero attached hydrogens (tertiary/aromatic N) is 1. The van der Waals surface area contributed by atoms with Crippen molar-refractivity contribution in [1.29, 1.82) is 0 Å². The van der Waals surface area contributed by atoms with E-state index in [1.54, 1.807) is 7.11 Å². The predicted molar refractivity (Wildman–Crippen MR) is 105 cm³/mol. The molecule has 0 saturated carbocycles. The third-order valence-electron chi connectivity index (χ3n) is 3.81. The lowest BCUT2D eigenvalue weighted by molar-refractivity contribution is 0.196. The molecule has 2 rings (SSSR count). The Hall–Kier alpha value is -2.44. The van der Waals surface area contributed by atoms with Gasteiger partial charge in [-0.1, -0.05) is 55.8 Å². The Morgan fingerprint density at radius 2 is 1.52 bits per heavy atom. The lowest BCUT2D eigenvalue weighted by Gasteiger charge is -2.22. The van der Waals surface area contributed by atoms with Gasteiger partial charge in [0.05, 0.1) is 7.11 Å². The van der Waals surface area contributed by atoms with Crippen LogP contribution in [-0.2, 0) is 6.54 Å². The maximum absolute atomic E-state index is 5.91. The van der Waals surface area contributed by atoms with Gasteiger partial charge in [-0.25, -0.2) is 0 Å². The first-order valence-electron chi connectivity index (χ1n) is 8.69. The number of ether oxygens (including phenoxy) is 2. The topological polar surface area (TPSA) is 21.7 Å². The maximum Gasteiger partial charge on any atom is 0.161 e. The van der Waals surface area contributed by atoms with Crippen molar-refractivity contribution in [3.8, 4) is 24.3 Å². The molecule has 3 nitrogen and oxygen atoms in total. The van der Waals surface area contributed by atoms with Crippen molar-refractivity contribution < 1.29 is 9.47 Å². The summed E-state index contributed by atoms with van der Waals surface area (Å²) < 4.78 is 11.2. The second kappa shape index (κ2) is 12.9. The quantitative estimate of drug-likeness (QED) is 0.589. The van der Waals surface area contributed by atoms with Gasteiger partial charge in [-0.15, -0.1) is 12.8 Å². The van der Waals surface area contributed by atoms with Crippen molar-refractivity contribution in [2.24, 2.45) is 0 Å². The molecule has 134 valence electrons.